The number of amides is 1. The van der Waals surface area contributed by atoms with Gasteiger partial charge in [0.1, 0.15) is 12.3 Å². The highest BCUT2D eigenvalue weighted by molar-refractivity contribution is 5.85. The van der Waals surface area contributed by atoms with Crippen LogP contribution in [-0.4, -0.2) is 49.6 Å². The average molecular weight is 375 g/mol. The SMILES string of the molecule is CCNC(=NCC(=O)NC1CCCCC1)N(C)Cc1ccc(OCC)cc1. The number of rotatable bonds is 8. The number of benzene rings is 1. The van der Waals surface area contributed by atoms with E-state index in [1.54, 1.807) is 0 Å². The van der Waals surface area contributed by atoms with Crippen LogP contribution in [0.5, 0.6) is 5.75 Å². The van der Waals surface area contributed by atoms with E-state index < -0.39 is 0 Å². The second kappa shape index (κ2) is 11.5. The number of ether oxygens (including phenoxy) is 1. The Kier molecular flexibility index (Phi) is 8.95. The van der Waals surface area contributed by atoms with E-state index in [1.165, 1.54) is 24.8 Å². The van der Waals surface area contributed by atoms with Crippen LogP contribution < -0.4 is 15.4 Å². The summed E-state index contributed by atoms with van der Waals surface area (Å²) in [7, 11) is 1.98. The summed E-state index contributed by atoms with van der Waals surface area (Å²) in [6, 6.07) is 8.40. The van der Waals surface area contributed by atoms with Gasteiger partial charge in [0.05, 0.1) is 6.61 Å². The average Bonchev–Trinajstić information content (AvgIpc) is 2.67. The standard InChI is InChI=1S/C21H34N4O2/c1-4-22-21(23-15-20(26)24-18-9-7-6-8-10-18)25(3)16-17-11-13-19(14-12-17)27-5-2/h11-14,18H,4-10,15-16H2,1-3H3,(H,22,23)(H,24,26). The highest BCUT2D eigenvalue weighted by atomic mass is 16.5. The maximum absolute atomic E-state index is 12.2. The molecule has 0 spiro atoms. The van der Waals surface area contributed by atoms with Gasteiger partial charge in [-0.25, -0.2) is 4.99 Å². The number of guanidine groups is 1. The van der Waals surface area contributed by atoms with E-state index in [9.17, 15) is 4.79 Å². The van der Waals surface area contributed by atoms with E-state index >= 15 is 0 Å². The summed E-state index contributed by atoms with van der Waals surface area (Å²) in [5, 5.41) is 6.38. The Balaban J connectivity index is 1.89. The van der Waals surface area contributed by atoms with Gasteiger partial charge in [-0.1, -0.05) is 31.4 Å². The molecule has 0 atom stereocenters. The summed E-state index contributed by atoms with van der Waals surface area (Å²) < 4.78 is 5.48. The number of hydrogen-bond acceptors (Lipinski definition) is 3. The molecule has 6 nitrogen and oxygen atoms in total. The van der Waals surface area contributed by atoms with Crippen LogP contribution in [0.25, 0.3) is 0 Å². The van der Waals surface area contributed by atoms with Crippen LogP contribution >= 0.6 is 0 Å². The Morgan fingerprint density at radius 1 is 1.19 bits per heavy atom. The van der Waals surface area contributed by atoms with Crippen molar-refractivity contribution in [1.29, 1.82) is 0 Å². The van der Waals surface area contributed by atoms with Crippen molar-refractivity contribution in [2.75, 3.05) is 26.7 Å². The fourth-order valence-corrected chi connectivity index (χ4v) is 3.34. The predicted molar refractivity (Wildman–Crippen MR) is 110 cm³/mol. The summed E-state index contributed by atoms with van der Waals surface area (Å²) in [5.74, 6) is 1.63. The first-order chi connectivity index (χ1) is 13.1. The topological polar surface area (TPSA) is 66.0 Å². The van der Waals surface area contributed by atoms with Crippen LogP contribution in [0.4, 0.5) is 0 Å². The highest BCUT2D eigenvalue weighted by Gasteiger charge is 2.15. The summed E-state index contributed by atoms with van der Waals surface area (Å²) in [6.07, 6.45) is 5.88. The number of nitrogens with zero attached hydrogens (tertiary/aromatic N) is 2. The second-order valence-corrected chi connectivity index (χ2v) is 7.01. The minimum absolute atomic E-state index is 0.00627. The molecule has 0 heterocycles. The van der Waals surface area contributed by atoms with Gasteiger partial charge in [0.2, 0.25) is 5.91 Å². The Bertz CT molecular complexity index is 595. The van der Waals surface area contributed by atoms with Crippen LogP contribution in [0.15, 0.2) is 29.3 Å². The van der Waals surface area contributed by atoms with Crippen LogP contribution in [-0.2, 0) is 11.3 Å². The summed E-state index contributed by atoms with van der Waals surface area (Å²) in [4.78, 5) is 18.8. The van der Waals surface area contributed by atoms with Gasteiger partial charge >= 0.3 is 0 Å². The third-order valence-electron chi connectivity index (χ3n) is 4.69. The quantitative estimate of drug-likeness (QED) is 0.542. The molecular weight excluding hydrogens is 340 g/mol. The molecule has 27 heavy (non-hydrogen) atoms. The van der Waals surface area contributed by atoms with Crippen molar-refractivity contribution in [3.8, 4) is 5.75 Å². The van der Waals surface area contributed by atoms with E-state index in [0.29, 0.717) is 19.2 Å². The first-order valence-corrected chi connectivity index (χ1v) is 10.1. The van der Waals surface area contributed by atoms with Crippen LogP contribution in [0.3, 0.4) is 0 Å². The largest absolute Gasteiger partial charge is 0.494 e. The normalized spacial score (nSPS) is 15.3. The number of hydrogen-bond donors (Lipinski definition) is 2. The Morgan fingerprint density at radius 2 is 1.89 bits per heavy atom. The summed E-state index contributed by atoms with van der Waals surface area (Å²) in [6.45, 7) is 6.30. The molecular formula is C21H34N4O2. The van der Waals surface area contributed by atoms with Crippen molar-refractivity contribution in [3.05, 3.63) is 29.8 Å². The molecule has 1 aliphatic carbocycles. The minimum Gasteiger partial charge on any atom is -0.494 e. The molecule has 1 fully saturated rings. The molecule has 0 unspecified atom stereocenters. The lowest BCUT2D eigenvalue weighted by atomic mass is 9.95. The van der Waals surface area contributed by atoms with E-state index in [-0.39, 0.29) is 12.5 Å². The number of carbonyl (C=O) groups is 1. The van der Waals surface area contributed by atoms with Crippen LogP contribution in [0, 0.1) is 0 Å². The minimum atomic E-state index is 0.00627. The molecule has 0 aromatic heterocycles. The van der Waals surface area contributed by atoms with Crippen molar-refractivity contribution in [2.45, 2.75) is 58.5 Å². The zero-order valence-corrected chi connectivity index (χ0v) is 17.0. The van der Waals surface area contributed by atoms with Gasteiger partial charge in [0, 0.05) is 26.2 Å². The maximum Gasteiger partial charge on any atom is 0.242 e. The molecule has 1 aromatic rings. The van der Waals surface area contributed by atoms with Gasteiger partial charge in [0.25, 0.3) is 0 Å². The monoisotopic (exact) mass is 374 g/mol. The van der Waals surface area contributed by atoms with E-state index in [0.717, 1.165) is 31.1 Å². The van der Waals surface area contributed by atoms with Crippen molar-refractivity contribution in [3.63, 3.8) is 0 Å². The van der Waals surface area contributed by atoms with Crippen LogP contribution in [0.1, 0.15) is 51.5 Å². The molecule has 0 aliphatic heterocycles. The molecule has 2 N–H and O–H groups in total. The Hall–Kier alpha value is -2.24. The van der Waals surface area contributed by atoms with Crippen molar-refractivity contribution < 1.29 is 9.53 Å². The fraction of sp³-hybridized carbons (Fsp3) is 0.619. The molecule has 0 saturated heterocycles. The molecule has 0 bridgehead atoms. The van der Waals surface area contributed by atoms with Crippen molar-refractivity contribution in [2.24, 2.45) is 4.99 Å². The first-order valence-electron chi connectivity index (χ1n) is 10.1. The molecule has 150 valence electrons. The van der Waals surface area contributed by atoms with E-state index in [4.69, 9.17) is 4.74 Å². The molecule has 0 radical (unpaired) electrons. The number of aliphatic imine (C=N–C) groups is 1. The van der Waals surface area contributed by atoms with Gasteiger partial charge in [-0.2, -0.15) is 0 Å². The Labute approximate surface area is 163 Å². The highest BCUT2D eigenvalue weighted by Crippen LogP contribution is 2.17. The summed E-state index contributed by atoms with van der Waals surface area (Å²) in [5.41, 5.74) is 1.17. The van der Waals surface area contributed by atoms with Gasteiger partial charge < -0.3 is 20.3 Å². The number of carbonyl (C=O) groups excluding carboxylic acids is 1. The molecule has 1 amide bonds. The van der Waals surface area contributed by atoms with Crippen molar-refractivity contribution >= 4 is 11.9 Å². The molecule has 1 saturated carbocycles. The molecule has 1 aromatic carbocycles. The number of nitrogens with one attached hydrogen (secondary N) is 2. The van der Waals surface area contributed by atoms with Gasteiger partial charge in [-0.15, -0.1) is 0 Å². The lowest BCUT2D eigenvalue weighted by Gasteiger charge is -2.24. The zero-order valence-electron chi connectivity index (χ0n) is 17.0. The maximum atomic E-state index is 12.2. The smallest absolute Gasteiger partial charge is 0.242 e. The molecule has 1 aliphatic rings. The first kappa shape index (κ1) is 21.1. The van der Waals surface area contributed by atoms with Crippen molar-refractivity contribution in [1.82, 2.24) is 15.5 Å². The van der Waals surface area contributed by atoms with Gasteiger partial charge in [-0.05, 0) is 44.4 Å². The molecule has 6 heteroatoms. The lowest BCUT2D eigenvalue weighted by Crippen LogP contribution is -2.41. The Morgan fingerprint density at radius 3 is 2.52 bits per heavy atom. The fourth-order valence-electron chi connectivity index (χ4n) is 3.34. The van der Waals surface area contributed by atoms with E-state index in [1.807, 2.05) is 37.9 Å². The molecule has 2 rings (SSSR count). The zero-order chi connectivity index (χ0) is 19.5. The second-order valence-electron chi connectivity index (χ2n) is 7.01. The predicted octanol–water partition coefficient (Wildman–Crippen LogP) is 2.93. The van der Waals surface area contributed by atoms with Gasteiger partial charge in [-0.3, -0.25) is 4.79 Å². The third kappa shape index (κ3) is 7.49. The van der Waals surface area contributed by atoms with Crippen LogP contribution in [0.2, 0.25) is 0 Å². The lowest BCUT2D eigenvalue weighted by molar-refractivity contribution is -0.120. The summed E-state index contributed by atoms with van der Waals surface area (Å²) >= 11 is 0. The third-order valence-corrected chi connectivity index (χ3v) is 4.69. The van der Waals surface area contributed by atoms with E-state index in [2.05, 4.69) is 27.8 Å². The van der Waals surface area contributed by atoms with Gasteiger partial charge in [0.15, 0.2) is 5.96 Å².